The van der Waals surface area contributed by atoms with E-state index >= 15 is 0 Å². The zero-order valence-electron chi connectivity index (χ0n) is 12.1. The van der Waals surface area contributed by atoms with Crippen LogP contribution in [0.2, 0.25) is 0 Å². The van der Waals surface area contributed by atoms with E-state index in [-0.39, 0.29) is 4.90 Å². The number of hydrogen-bond acceptors (Lipinski definition) is 3. The van der Waals surface area contributed by atoms with Crippen molar-refractivity contribution in [1.29, 1.82) is 0 Å². The molecule has 2 rings (SSSR count). The molecule has 0 bridgehead atoms. The third-order valence-electron chi connectivity index (χ3n) is 3.30. The fourth-order valence-electron chi connectivity index (χ4n) is 2.01. The van der Waals surface area contributed by atoms with Gasteiger partial charge in [-0.3, -0.25) is 4.72 Å². The van der Waals surface area contributed by atoms with Crippen molar-refractivity contribution < 1.29 is 12.8 Å². The highest BCUT2D eigenvalue weighted by Gasteiger charge is 2.19. The van der Waals surface area contributed by atoms with Crippen molar-refractivity contribution in [3.63, 3.8) is 0 Å². The van der Waals surface area contributed by atoms with Crippen molar-refractivity contribution in [2.45, 2.75) is 25.7 Å². The molecule has 6 heteroatoms. The Balaban J connectivity index is 2.47. The van der Waals surface area contributed by atoms with Gasteiger partial charge in [-0.05, 0) is 61.7 Å². The predicted molar refractivity (Wildman–Crippen MR) is 82.3 cm³/mol. The van der Waals surface area contributed by atoms with E-state index in [0.29, 0.717) is 22.5 Å². The van der Waals surface area contributed by atoms with E-state index in [2.05, 4.69) is 4.72 Å². The molecular weight excluding hydrogens is 291 g/mol. The second-order valence-electron chi connectivity index (χ2n) is 5.04. The van der Waals surface area contributed by atoms with Crippen LogP contribution in [0.3, 0.4) is 0 Å². The molecule has 2 aromatic rings. The summed E-state index contributed by atoms with van der Waals surface area (Å²) < 4.78 is 40.6. The Morgan fingerprint density at radius 3 is 2.33 bits per heavy atom. The number of halogens is 1. The largest absolute Gasteiger partial charge is 0.399 e. The minimum Gasteiger partial charge on any atom is -0.399 e. The van der Waals surface area contributed by atoms with Gasteiger partial charge >= 0.3 is 0 Å². The number of rotatable bonds is 3. The lowest BCUT2D eigenvalue weighted by molar-refractivity contribution is 0.594. The van der Waals surface area contributed by atoms with Gasteiger partial charge in [-0.25, -0.2) is 12.8 Å². The molecule has 0 aliphatic carbocycles. The lowest BCUT2D eigenvalue weighted by Gasteiger charge is -2.14. The number of benzene rings is 2. The Hall–Kier alpha value is -2.08. The van der Waals surface area contributed by atoms with Crippen LogP contribution in [0.15, 0.2) is 35.2 Å². The minimum absolute atomic E-state index is 0.0728. The number of anilines is 2. The first-order valence-corrected chi connectivity index (χ1v) is 7.85. The average Bonchev–Trinajstić information content (AvgIpc) is 2.38. The summed E-state index contributed by atoms with van der Waals surface area (Å²) in [7, 11) is -3.85. The molecule has 0 aromatic heterocycles. The lowest BCUT2D eigenvalue weighted by atomic mass is 10.1. The van der Waals surface area contributed by atoms with E-state index in [1.54, 1.807) is 32.9 Å². The van der Waals surface area contributed by atoms with Gasteiger partial charge in [-0.15, -0.1) is 0 Å². The molecule has 0 heterocycles. The Morgan fingerprint density at radius 2 is 1.67 bits per heavy atom. The van der Waals surface area contributed by atoms with E-state index in [1.165, 1.54) is 12.1 Å². The second kappa shape index (κ2) is 5.37. The van der Waals surface area contributed by atoms with Crippen molar-refractivity contribution in [2.24, 2.45) is 0 Å². The zero-order valence-corrected chi connectivity index (χ0v) is 12.9. The number of nitrogens with two attached hydrogens (primary N) is 1. The molecule has 0 aliphatic heterocycles. The molecule has 0 unspecified atom stereocenters. The molecule has 0 aliphatic rings. The van der Waals surface area contributed by atoms with Crippen LogP contribution in [0.25, 0.3) is 0 Å². The predicted octanol–water partition coefficient (Wildman–Crippen LogP) is 3.13. The SMILES string of the molecule is Cc1cc(NS(=O)(=O)c2cc(F)ccc2C)c(C)cc1N. The number of sulfonamides is 1. The molecule has 0 saturated carbocycles. The Labute approximate surface area is 123 Å². The van der Waals surface area contributed by atoms with Crippen LogP contribution in [0.1, 0.15) is 16.7 Å². The van der Waals surface area contributed by atoms with Gasteiger partial charge < -0.3 is 5.73 Å². The van der Waals surface area contributed by atoms with Gasteiger partial charge in [0.2, 0.25) is 0 Å². The van der Waals surface area contributed by atoms with E-state index in [1.807, 2.05) is 0 Å². The first-order chi connectivity index (χ1) is 9.70. The molecule has 0 atom stereocenters. The highest BCUT2D eigenvalue weighted by atomic mass is 32.2. The minimum atomic E-state index is -3.85. The summed E-state index contributed by atoms with van der Waals surface area (Å²) in [5.41, 5.74) is 8.77. The molecule has 0 radical (unpaired) electrons. The van der Waals surface area contributed by atoms with Gasteiger partial charge in [0, 0.05) is 5.69 Å². The van der Waals surface area contributed by atoms with Gasteiger partial charge in [0.1, 0.15) is 5.82 Å². The zero-order chi connectivity index (χ0) is 15.8. The van der Waals surface area contributed by atoms with E-state index in [0.717, 1.165) is 11.6 Å². The van der Waals surface area contributed by atoms with Crippen LogP contribution in [-0.4, -0.2) is 8.42 Å². The van der Waals surface area contributed by atoms with Crippen LogP contribution in [0.4, 0.5) is 15.8 Å². The van der Waals surface area contributed by atoms with Crippen molar-refractivity contribution in [2.75, 3.05) is 10.5 Å². The first-order valence-electron chi connectivity index (χ1n) is 6.36. The highest BCUT2D eigenvalue weighted by molar-refractivity contribution is 7.92. The third-order valence-corrected chi connectivity index (χ3v) is 4.80. The van der Waals surface area contributed by atoms with Crippen LogP contribution in [0, 0.1) is 26.6 Å². The number of hydrogen-bond donors (Lipinski definition) is 2. The maximum Gasteiger partial charge on any atom is 0.262 e. The molecule has 2 aromatic carbocycles. The molecule has 0 fully saturated rings. The highest BCUT2D eigenvalue weighted by Crippen LogP contribution is 2.26. The number of nitrogens with one attached hydrogen (secondary N) is 1. The van der Waals surface area contributed by atoms with Gasteiger partial charge in [0.15, 0.2) is 0 Å². The standard InChI is InChI=1S/C15H17FN2O2S/c1-9-4-5-12(16)8-15(9)21(19,20)18-14-7-10(2)13(17)6-11(14)3/h4-8,18H,17H2,1-3H3. The lowest BCUT2D eigenvalue weighted by Crippen LogP contribution is -2.15. The van der Waals surface area contributed by atoms with E-state index < -0.39 is 15.8 Å². The normalized spacial score (nSPS) is 11.4. The molecule has 0 amide bonds. The smallest absolute Gasteiger partial charge is 0.262 e. The average molecular weight is 308 g/mol. The van der Waals surface area contributed by atoms with Gasteiger partial charge in [-0.2, -0.15) is 0 Å². The summed E-state index contributed by atoms with van der Waals surface area (Å²) in [6, 6.07) is 7.04. The van der Waals surface area contributed by atoms with Gasteiger partial charge in [0.05, 0.1) is 10.6 Å². The fourth-order valence-corrected chi connectivity index (χ4v) is 3.39. The molecule has 0 saturated heterocycles. The van der Waals surface area contributed by atoms with Crippen molar-refractivity contribution in [3.8, 4) is 0 Å². The summed E-state index contributed by atoms with van der Waals surface area (Å²) in [5.74, 6) is -0.591. The Bertz CT molecular complexity index is 802. The first kappa shape index (κ1) is 15.3. The molecule has 112 valence electrons. The van der Waals surface area contributed by atoms with Crippen LogP contribution in [0.5, 0.6) is 0 Å². The summed E-state index contributed by atoms with van der Waals surface area (Å²) >= 11 is 0. The molecule has 4 nitrogen and oxygen atoms in total. The Kier molecular flexibility index (Phi) is 3.91. The second-order valence-corrected chi connectivity index (χ2v) is 6.69. The number of aryl methyl sites for hydroxylation is 3. The summed E-state index contributed by atoms with van der Waals surface area (Å²) in [5, 5.41) is 0. The fraction of sp³-hybridized carbons (Fsp3) is 0.200. The summed E-state index contributed by atoms with van der Waals surface area (Å²) in [6.07, 6.45) is 0. The van der Waals surface area contributed by atoms with Crippen LogP contribution < -0.4 is 10.5 Å². The van der Waals surface area contributed by atoms with Crippen LogP contribution >= 0.6 is 0 Å². The van der Waals surface area contributed by atoms with E-state index in [9.17, 15) is 12.8 Å². The molecule has 0 spiro atoms. The quantitative estimate of drug-likeness (QED) is 0.856. The summed E-state index contributed by atoms with van der Waals surface area (Å²) in [4.78, 5) is -0.0728. The maximum absolute atomic E-state index is 13.3. The monoisotopic (exact) mass is 308 g/mol. The van der Waals surface area contributed by atoms with Gasteiger partial charge in [0.25, 0.3) is 10.0 Å². The maximum atomic E-state index is 13.3. The molecule has 21 heavy (non-hydrogen) atoms. The number of nitrogen functional groups attached to an aromatic ring is 1. The molecule has 3 N–H and O–H groups in total. The Morgan fingerprint density at radius 1 is 1.00 bits per heavy atom. The van der Waals surface area contributed by atoms with Crippen molar-refractivity contribution in [3.05, 3.63) is 52.8 Å². The topological polar surface area (TPSA) is 72.2 Å². The van der Waals surface area contributed by atoms with Crippen molar-refractivity contribution in [1.82, 2.24) is 0 Å². The van der Waals surface area contributed by atoms with E-state index in [4.69, 9.17) is 5.73 Å². The summed E-state index contributed by atoms with van der Waals surface area (Å²) in [6.45, 7) is 5.17. The van der Waals surface area contributed by atoms with Crippen molar-refractivity contribution >= 4 is 21.4 Å². The van der Waals surface area contributed by atoms with Gasteiger partial charge in [-0.1, -0.05) is 6.07 Å². The van der Waals surface area contributed by atoms with Crippen LogP contribution in [-0.2, 0) is 10.0 Å². The third kappa shape index (κ3) is 3.16. The molecular formula is C15H17FN2O2S.